The van der Waals surface area contributed by atoms with Gasteiger partial charge in [-0.25, -0.2) is 0 Å². The van der Waals surface area contributed by atoms with Crippen LogP contribution in [0.4, 0.5) is 16.5 Å². The zero-order chi connectivity index (χ0) is 24.4. The number of hydrogen-bond donors (Lipinski definition) is 5. The number of amides is 1. The fourth-order valence-corrected chi connectivity index (χ4v) is 4.54. The van der Waals surface area contributed by atoms with Gasteiger partial charge in [0.2, 0.25) is 11.0 Å². The quantitative estimate of drug-likeness (QED) is 0.216. The fraction of sp³-hybridized carbons (Fsp3) is 0.0833. The van der Waals surface area contributed by atoms with E-state index in [2.05, 4.69) is 31.0 Å². The van der Waals surface area contributed by atoms with Crippen LogP contribution in [0.2, 0.25) is 5.02 Å². The first-order chi connectivity index (χ1) is 17.0. The molecule has 0 aliphatic carbocycles. The summed E-state index contributed by atoms with van der Waals surface area (Å²) in [5.41, 5.74) is 9.90. The van der Waals surface area contributed by atoms with Crippen LogP contribution in [0.25, 0.3) is 21.5 Å². The number of carbonyl (C=O) groups is 1. The maximum atomic E-state index is 12.6. The van der Waals surface area contributed by atoms with Crippen LogP contribution < -0.4 is 16.4 Å². The maximum Gasteiger partial charge on any atom is 0.241 e. The molecule has 2 aromatic heterocycles. The molecule has 0 aliphatic rings. The van der Waals surface area contributed by atoms with Crippen molar-refractivity contribution in [3.63, 3.8) is 0 Å². The fourth-order valence-electron chi connectivity index (χ4n) is 3.53. The van der Waals surface area contributed by atoms with E-state index in [0.29, 0.717) is 33.0 Å². The first-order valence-corrected chi connectivity index (χ1v) is 11.8. The van der Waals surface area contributed by atoms with Crippen LogP contribution in [-0.2, 0) is 11.2 Å². The van der Waals surface area contributed by atoms with E-state index >= 15 is 0 Å². The number of aromatic nitrogens is 4. The number of aromatic hydroxyl groups is 1. The van der Waals surface area contributed by atoms with E-state index in [1.165, 1.54) is 11.3 Å². The van der Waals surface area contributed by atoms with Crippen molar-refractivity contribution in [3.8, 4) is 16.3 Å². The first kappa shape index (κ1) is 22.8. The summed E-state index contributed by atoms with van der Waals surface area (Å²) in [6, 6.07) is 16.9. The van der Waals surface area contributed by atoms with Crippen molar-refractivity contribution in [3.05, 3.63) is 77.4 Å². The smallest absolute Gasteiger partial charge is 0.241 e. The third-order valence-electron chi connectivity index (χ3n) is 5.33. The van der Waals surface area contributed by atoms with Crippen LogP contribution in [-0.4, -0.2) is 37.5 Å². The monoisotopic (exact) mass is 505 g/mol. The van der Waals surface area contributed by atoms with Gasteiger partial charge in [-0.05, 0) is 48.4 Å². The molecule has 35 heavy (non-hydrogen) atoms. The minimum Gasteiger partial charge on any atom is -0.508 e. The zero-order valence-corrected chi connectivity index (χ0v) is 19.8. The maximum absolute atomic E-state index is 12.6. The second kappa shape index (κ2) is 9.71. The number of halogens is 1. The average molecular weight is 506 g/mol. The summed E-state index contributed by atoms with van der Waals surface area (Å²) in [7, 11) is 0. The molecule has 0 saturated carbocycles. The predicted octanol–water partition coefficient (Wildman–Crippen LogP) is 4.69. The molecule has 2 heterocycles. The number of nitrogens with one attached hydrogen (secondary N) is 3. The van der Waals surface area contributed by atoms with Gasteiger partial charge >= 0.3 is 0 Å². The van der Waals surface area contributed by atoms with Crippen LogP contribution in [0.1, 0.15) is 5.56 Å². The van der Waals surface area contributed by atoms with Gasteiger partial charge in [-0.15, -0.1) is 10.2 Å². The van der Waals surface area contributed by atoms with E-state index in [1.807, 2.05) is 30.3 Å². The highest BCUT2D eigenvalue weighted by Crippen LogP contribution is 2.34. The van der Waals surface area contributed by atoms with Gasteiger partial charge in [-0.2, -0.15) is 5.10 Å². The van der Waals surface area contributed by atoms with Crippen LogP contribution in [0.15, 0.2) is 66.9 Å². The molecular weight excluding hydrogens is 486 g/mol. The Labute approximate surface area is 209 Å². The molecule has 3 aromatic carbocycles. The van der Waals surface area contributed by atoms with Gasteiger partial charge in [0.25, 0.3) is 0 Å². The van der Waals surface area contributed by atoms with Crippen LogP contribution in [0, 0.1) is 0 Å². The molecule has 1 amide bonds. The second-order valence-electron chi connectivity index (χ2n) is 7.84. The van der Waals surface area contributed by atoms with E-state index in [0.717, 1.165) is 22.0 Å². The van der Waals surface area contributed by atoms with Crippen molar-refractivity contribution in [2.24, 2.45) is 5.73 Å². The molecule has 1 atom stereocenters. The minimum atomic E-state index is -0.738. The molecule has 176 valence electrons. The summed E-state index contributed by atoms with van der Waals surface area (Å²) in [6.07, 6.45) is 2.02. The number of H-pyrrole nitrogens is 1. The summed E-state index contributed by atoms with van der Waals surface area (Å²) >= 11 is 7.84. The number of fused-ring (bicyclic) bond motifs is 1. The summed E-state index contributed by atoms with van der Waals surface area (Å²) < 4.78 is 0. The van der Waals surface area contributed by atoms with Crippen molar-refractivity contribution in [2.45, 2.75) is 12.5 Å². The molecule has 0 fully saturated rings. The van der Waals surface area contributed by atoms with Gasteiger partial charge in [0.15, 0.2) is 0 Å². The third kappa shape index (κ3) is 5.09. The molecule has 5 rings (SSSR count). The Morgan fingerprint density at radius 3 is 2.80 bits per heavy atom. The number of nitrogens with two attached hydrogens (primary N) is 1. The summed E-state index contributed by atoms with van der Waals surface area (Å²) in [4.78, 5) is 12.6. The van der Waals surface area contributed by atoms with Crippen molar-refractivity contribution in [2.75, 3.05) is 10.6 Å². The number of anilines is 3. The van der Waals surface area contributed by atoms with Gasteiger partial charge in [0.1, 0.15) is 10.8 Å². The normalized spacial score (nSPS) is 11.9. The molecule has 0 bridgehead atoms. The van der Waals surface area contributed by atoms with E-state index in [4.69, 9.17) is 17.3 Å². The van der Waals surface area contributed by atoms with E-state index < -0.39 is 6.04 Å². The zero-order valence-electron chi connectivity index (χ0n) is 18.2. The molecule has 11 heteroatoms. The Morgan fingerprint density at radius 2 is 1.97 bits per heavy atom. The Bertz CT molecular complexity index is 1500. The molecule has 0 aliphatic heterocycles. The Balaban J connectivity index is 1.27. The molecule has 6 N–H and O–H groups in total. The molecule has 0 spiro atoms. The summed E-state index contributed by atoms with van der Waals surface area (Å²) in [6.45, 7) is 0. The standard InChI is InChI=1S/C24H20ClN7O2S/c25-21-17-12-27-30-19(17)8-9-20(21)29-24-32-31-23(35-24)14-2-1-3-15(11-14)28-22(34)18(26)10-13-4-6-16(33)7-5-13/h1-9,11-12,18,33H,10,26H2,(H,27,30)(H,28,34)(H,29,32). The number of phenols is 1. The lowest BCUT2D eigenvalue weighted by molar-refractivity contribution is -0.117. The van der Waals surface area contributed by atoms with Crippen molar-refractivity contribution in [1.82, 2.24) is 20.4 Å². The molecule has 9 nitrogen and oxygen atoms in total. The summed E-state index contributed by atoms with van der Waals surface area (Å²) in [5, 5.41) is 33.4. The van der Waals surface area contributed by atoms with Crippen molar-refractivity contribution in [1.29, 1.82) is 0 Å². The number of benzene rings is 3. The first-order valence-electron chi connectivity index (χ1n) is 10.6. The van der Waals surface area contributed by atoms with Crippen LogP contribution in [0.5, 0.6) is 5.75 Å². The molecule has 0 saturated heterocycles. The predicted molar refractivity (Wildman–Crippen MR) is 138 cm³/mol. The topological polar surface area (TPSA) is 142 Å². The highest BCUT2D eigenvalue weighted by Gasteiger charge is 2.16. The Kier molecular flexibility index (Phi) is 6.32. The van der Waals surface area contributed by atoms with Crippen molar-refractivity contribution >= 4 is 56.3 Å². The third-order valence-corrected chi connectivity index (χ3v) is 6.63. The van der Waals surface area contributed by atoms with Crippen LogP contribution in [0.3, 0.4) is 0 Å². The van der Waals surface area contributed by atoms with Gasteiger partial charge in [0, 0.05) is 16.6 Å². The van der Waals surface area contributed by atoms with Gasteiger partial charge in [-0.3, -0.25) is 9.89 Å². The van der Waals surface area contributed by atoms with E-state index in [-0.39, 0.29) is 11.7 Å². The van der Waals surface area contributed by atoms with Gasteiger partial charge < -0.3 is 21.5 Å². The molecule has 5 aromatic rings. The lowest BCUT2D eigenvalue weighted by Gasteiger charge is -2.13. The summed E-state index contributed by atoms with van der Waals surface area (Å²) in [5.74, 6) is -0.139. The minimum absolute atomic E-state index is 0.167. The number of nitrogens with zero attached hydrogens (tertiary/aromatic N) is 3. The van der Waals surface area contributed by atoms with Gasteiger partial charge in [0.05, 0.1) is 28.5 Å². The SMILES string of the molecule is NC(Cc1ccc(O)cc1)C(=O)Nc1cccc(-c2nnc(Nc3ccc4[nH]ncc4c3Cl)s2)c1. The van der Waals surface area contributed by atoms with E-state index in [9.17, 15) is 9.90 Å². The highest BCUT2D eigenvalue weighted by atomic mass is 35.5. The Morgan fingerprint density at radius 1 is 1.14 bits per heavy atom. The molecule has 1 unspecified atom stereocenters. The highest BCUT2D eigenvalue weighted by molar-refractivity contribution is 7.18. The van der Waals surface area contributed by atoms with Crippen molar-refractivity contribution < 1.29 is 9.90 Å². The molecule has 0 radical (unpaired) electrons. The largest absolute Gasteiger partial charge is 0.508 e. The number of hydrogen-bond acceptors (Lipinski definition) is 8. The lowest BCUT2D eigenvalue weighted by Crippen LogP contribution is -2.37. The van der Waals surface area contributed by atoms with Gasteiger partial charge in [-0.1, -0.05) is 47.2 Å². The van der Waals surface area contributed by atoms with E-state index in [1.54, 1.807) is 36.5 Å². The lowest BCUT2D eigenvalue weighted by atomic mass is 10.1. The number of phenolic OH excluding ortho intramolecular Hbond substituents is 1. The Hall–Kier alpha value is -3.99. The number of rotatable bonds is 7. The number of aromatic amines is 1. The van der Waals surface area contributed by atoms with Crippen LogP contribution >= 0.6 is 22.9 Å². The average Bonchev–Trinajstić information content (AvgIpc) is 3.53. The number of carbonyl (C=O) groups excluding carboxylic acids is 1. The second-order valence-corrected chi connectivity index (χ2v) is 9.20. The molecular formula is C24H20ClN7O2S.